The third kappa shape index (κ3) is 4.64. The molecule has 1 amide bonds. The molecule has 1 heterocycles. The lowest BCUT2D eigenvalue weighted by Gasteiger charge is -2.32. The maximum Gasteiger partial charge on any atom is 0.338 e. The minimum absolute atomic E-state index is 0.0625. The topological polar surface area (TPSA) is 63.7 Å². The Morgan fingerprint density at radius 2 is 1.42 bits per heavy atom. The van der Waals surface area contributed by atoms with Crippen LogP contribution in [0.15, 0.2) is 95.5 Å². The molecule has 0 fully saturated rings. The highest BCUT2D eigenvalue weighted by Crippen LogP contribution is 2.28. The van der Waals surface area contributed by atoms with E-state index in [0.717, 1.165) is 4.47 Å². The molecule has 1 atom stereocenters. The number of carbonyl (C=O) groups is 3. The van der Waals surface area contributed by atoms with Gasteiger partial charge in [0.2, 0.25) is 0 Å². The fraction of sp³-hybridized carbons (Fsp3) is 0.0800. The van der Waals surface area contributed by atoms with Crippen molar-refractivity contribution in [2.45, 2.75) is 6.10 Å². The van der Waals surface area contributed by atoms with E-state index in [1.54, 1.807) is 54.6 Å². The van der Waals surface area contributed by atoms with Crippen molar-refractivity contribution in [3.05, 3.63) is 112 Å². The van der Waals surface area contributed by atoms with Crippen molar-refractivity contribution >= 4 is 39.3 Å². The zero-order chi connectivity index (χ0) is 21.8. The predicted octanol–water partition coefficient (Wildman–Crippen LogP) is 4.74. The standard InChI is InChI=1S/C25H18BrNO4/c26-20-13-11-17(12-14-20)21-15-22(28)23(31-25(30)19-9-5-2-6-10-19)16-27(21)24(29)18-7-3-1-4-8-18/h1-15,23H,16H2. The minimum Gasteiger partial charge on any atom is -0.448 e. The Bertz CT molecular complexity index is 1140. The average molecular weight is 476 g/mol. The molecule has 0 radical (unpaired) electrons. The van der Waals surface area contributed by atoms with E-state index in [4.69, 9.17) is 4.74 Å². The molecule has 0 spiro atoms. The number of hydrogen-bond donors (Lipinski definition) is 0. The van der Waals surface area contributed by atoms with Gasteiger partial charge in [-0.3, -0.25) is 9.59 Å². The van der Waals surface area contributed by atoms with Gasteiger partial charge in [0.15, 0.2) is 11.9 Å². The fourth-order valence-corrected chi connectivity index (χ4v) is 3.58. The molecule has 6 heteroatoms. The first-order valence-electron chi connectivity index (χ1n) is 9.67. The predicted molar refractivity (Wildman–Crippen MR) is 120 cm³/mol. The maximum absolute atomic E-state index is 13.3. The quantitative estimate of drug-likeness (QED) is 0.511. The van der Waals surface area contributed by atoms with Gasteiger partial charge in [-0.15, -0.1) is 0 Å². The Morgan fingerprint density at radius 3 is 2.03 bits per heavy atom. The van der Waals surface area contributed by atoms with Crippen molar-refractivity contribution in [2.24, 2.45) is 0 Å². The molecule has 1 aliphatic rings. The number of nitrogens with zero attached hydrogens (tertiary/aromatic N) is 1. The summed E-state index contributed by atoms with van der Waals surface area (Å²) in [7, 11) is 0. The van der Waals surface area contributed by atoms with E-state index in [1.165, 1.54) is 11.0 Å². The average Bonchev–Trinajstić information content (AvgIpc) is 2.81. The summed E-state index contributed by atoms with van der Waals surface area (Å²) >= 11 is 3.40. The fourth-order valence-electron chi connectivity index (χ4n) is 3.32. The second-order valence-corrected chi connectivity index (χ2v) is 7.90. The zero-order valence-corrected chi connectivity index (χ0v) is 18.0. The monoisotopic (exact) mass is 475 g/mol. The number of hydrogen-bond acceptors (Lipinski definition) is 4. The number of amides is 1. The van der Waals surface area contributed by atoms with Crippen LogP contribution >= 0.6 is 15.9 Å². The van der Waals surface area contributed by atoms with E-state index in [-0.39, 0.29) is 18.2 Å². The highest BCUT2D eigenvalue weighted by Gasteiger charge is 2.35. The molecule has 5 nitrogen and oxygen atoms in total. The first-order valence-corrected chi connectivity index (χ1v) is 10.5. The van der Waals surface area contributed by atoms with Crippen molar-refractivity contribution in [1.82, 2.24) is 4.90 Å². The summed E-state index contributed by atoms with van der Waals surface area (Å²) < 4.78 is 6.36. The summed E-state index contributed by atoms with van der Waals surface area (Å²) in [5.74, 6) is -1.24. The number of ether oxygens (including phenoxy) is 1. The summed E-state index contributed by atoms with van der Waals surface area (Å²) in [6.07, 6.45) is 0.288. The second kappa shape index (κ2) is 9.10. The number of halogens is 1. The molecular formula is C25H18BrNO4. The van der Waals surface area contributed by atoms with Crippen molar-refractivity contribution in [1.29, 1.82) is 0 Å². The highest BCUT2D eigenvalue weighted by atomic mass is 79.9. The number of rotatable bonds is 4. The Kier molecular flexibility index (Phi) is 6.09. The smallest absolute Gasteiger partial charge is 0.338 e. The van der Waals surface area contributed by atoms with Crippen molar-refractivity contribution in [3.8, 4) is 0 Å². The van der Waals surface area contributed by atoms with Crippen LogP contribution in [0.2, 0.25) is 0 Å². The van der Waals surface area contributed by atoms with Crippen LogP contribution in [0, 0.1) is 0 Å². The molecule has 1 unspecified atom stereocenters. The largest absolute Gasteiger partial charge is 0.448 e. The molecule has 0 saturated heterocycles. The molecule has 0 N–H and O–H groups in total. The maximum atomic E-state index is 13.3. The van der Waals surface area contributed by atoms with Gasteiger partial charge >= 0.3 is 5.97 Å². The Morgan fingerprint density at radius 1 is 0.839 bits per heavy atom. The summed E-state index contributed by atoms with van der Waals surface area (Å²) in [5.41, 5.74) is 2.01. The molecule has 0 aromatic heterocycles. The molecule has 3 aromatic rings. The highest BCUT2D eigenvalue weighted by molar-refractivity contribution is 9.10. The first kappa shape index (κ1) is 20.8. The van der Waals surface area contributed by atoms with Crippen LogP contribution in [-0.4, -0.2) is 35.2 Å². The van der Waals surface area contributed by atoms with E-state index in [9.17, 15) is 14.4 Å². The lowest BCUT2D eigenvalue weighted by atomic mass is 10.0. The van der Waals surface area contributed by atoms with E-state index in [0.29, 0.717) is 22.4 Å². The molecule has 154 valence electrons. The Hall–Kier alpha value is -3.51. The van der Waals surface area contributed by atoms with Gasteiger partial charge in [-0.25, -0.2) is 4.79 Å². The molecule has 0 saturated carbocycles. The molecule has 31 heavy (non-hydrogen) atoms. The lowest BCUT2D eigenvalue weighted by molar-refractivity contribution is -0.123. The van der Waals surface area contributed by atoms with E-state index in [2.05, 4.69) is 15.9 Å². The number of ketones is 1. The van der Waals surface area contributed by atoms with E-state index < -0.39 is 12.1 Å². The summed E-state index contributed by atoms with van der Waals surface area (Å²) in [6, 6.07) is 24.6. The van der Waals surface area contributed by atoms with Crippen LogP contribution in [0.1, 0.15) is 26.3 Å². The van der Waals surface area contributed by atoms with Crippen LogP contribution in [0.25, 0.3) is 5.70 Å². The molecule has 0 aliphatic carbocycles. The lowest BCUT2D eigenvalue weighted by Crippen LogP contribution is -2.45. The third-order valence-electron chi connectivity index (χ3n) is 4.90. The summed E-state index contributed by atoms with van der Waals surface area (Å²) in [6.45, 7) is -0.0625. The molecular weight excluding hydrogens is 458 g/mol. The number of benzene rings is 3. The van der Waals surface area contributed by atoms with Crippen molar-refractivity contribution in [3.63, 3.8) is 0 Å². The van der Waals surface area contributed by atoms with Crippen LogP contribution in [0.3, 0.4) is 0 Å². The van der Waals surface area contributed by atoms with Crippen LogP contribution in [0.4, 0.5) is 0 Å². The SMILES string of the molecule is O=C(OC1CN(C(=O)c2ccccc2)C(c2ccc(Br)cc2)=CC1=O)c1ccccc1. The van der Waals surface area contributed by atoms with Gasteiger partial charge < -0.3 is 9.64 Å². The van der Waals surface area contributed by atoms with Crippen molar-refractivity contribution in [2.75, 3.05) is 6.54 Å². The zero-order valence-electron chi connectivity index (χ0n) is 16.4. The second-order valence-electron chi connectivity index (χ2n) is 6.98. The van der Waals surface area contributed by atoms with Crippen molar-refractivity contribution < 1.29 is 19.1 Å². The Balaban J connectivity index is 1.67. The van der Waals surface area contributed by atoms with Gasteiger partial charge in [0.1, 0.15) is 0 Å². The number of carbonyl (C=O) groups excluding carboxylic acids is 3. The molecule has 0 bridgehead atoms. The molecule has 3 aromatic carbocycles. The van der Waals surface area contributed by atoms with Gasteiger partial charge in [0.05, 0.1) is 17.8 Å². The molecule has 4 rings (SSSR count). The number of esters is 1. The summed E-state index contributed by atoms with van der Waals surface area (Å²) in [4.78, 5) is 40.1. The Labute approximate surface area is 188 Å². The van der Waals surface area contributed by atoms with E-state index in [1.807, 2.05) is 30.3 Å². The first-order chi connectivity index (χ1) is 15.0. The summed E-state index contributed by atoms with van der Waals surface area (Å²) in [5, 5.41) is 0. The third-order valence-corrected chi connectivity index (χ3v) is 5.43. The van der Waals surface area contributed by atoms with Gasteiger partial charge in [-0.2, -0.15) is 0 Å². The van der Waals surface area contributed by atoms with Gasteiger partial charge in [0.25, 0.3) is 5.91 Å². The van der Waals surface area contributed by atoms with Crippen LogP contribution in [0.5, 0.6) is 0 Å². The van der Waals surface area contributed by atoms with Gasteiger partial charge in [0, 0.05) is 16.1 Å². The van der Waals surface area contributed by atoms with Crippen LogP contribution in [-0.2, 0) is 9.53 Å². The van der Waals surface area contributed by atoms with E-state index >= 15 is 0 Å². The normalized spacial score (nSPS) is 15.9. The van der Waals surface area contributed by atoms with Gasteiger partial charge in [-0.1, -0.05) is 64.5 Å². The molecule has 1 aliphatic heterocycles. The van der Waals surface area contributed by atoms with Crippen LogP contribution < -0.4 is 0 Å². The van der Waals surface area contributed by atoms with Gasteiger partial charge in [-0.05, 0) is 42.0 Å². The minimum atomic E-state index is -1.08.